The van der Waals surface area contributed by atoms with Crippen molar-refractivity contribution < 1.29 is 8.42 Å². The second-order valence-corrected chi connectivity index (χ2v) is 5.51. The van der Waals surface area contributed by atoms with Gasteiger partial charge in [0.2, 0.25) is 10.0 Å². The van der Waals surface area contributed by atoms with E-state index in [1.165, 1.54) is 18.2 Å². The Morgan fingerprint density at radius 3 is 2.83 bits per heavy atom. The first-order valence-electron chi connectivity index (χ1n) is 4.76. The van der Waals surface area contributed by atoms with E-state index >= 15 is 0 Å². The van der Waals surface area contributed by atoms with E-state index in [0.29, 0.717) is 5.02 Å². The Balaban J connectivity index is 2.20. The summed E-state index contributed by atoms with van der Waals surface area (Å²) in [5.41, 5.74) is 5.68. The number of tetrazole rings is 1. The molecule has 4 N–H and O–H groups in total. The number of benzene rings is 1. The van der Waals surface area contributed by atoms with Gasteiger partial charge < -0.3 is 5.73 Å². The van der Waals surface area contributed by atoms with E-state index in [9.17, 15) is 8.42 Å². The number of nitrogen functional groups attached to an aromatic ring is 1. The van der Waals surface area contributed by atoms with E-state index in [1.807, 2.05) is 0 Å². The fraction of sp³-hybridized carbons (Fsp3) is 0.125. The zero-order valence-electron chi connectivity index (χ0n) is 8.96. The zero-order chi connectivity index (χ0) is 13.2. The molecule has 0 spiro atoms. The number of nitrogens with one attached hydrogen (secondary N) is 2. The lowest BCUT2D eigenvalue weighted by Crippen LogP contribution is -2.24. The van der Waals surface area contributed by atoms with Crippen molar-refractivity contribution in [1.29, 1.82) is 0 Å². The molecule has 0 aliphatic heterocycles. The normalized spacial score (nSPS) is 11.6. The smallest absolute Gasteiger partial charge is 0.243 e. The van der Waals surface area contributed by atoms with Crippen LogP contribution in [0.15, 0.2) is 23.1 Å². The van der Waals surface area contributed by atoms with Crippen LogP contribution in [0.5, 0.6) is 0 Å². The molecule has 0 saturated carbocycles. The Morgan fingerprint density at radius 1 is 1.44 bits per heavy atom. The molecule has 96 valence electrons. The first kappa shape index (κ1) is 12.7. The van der Waals surface area contributed by atoms with Gasteiger partial charge in [-0.1, -0.05) is 16.8 Å². The Morgan fingerprint density at radius 2 is 2.22 bits per heavy atom. The number of aromatic amines is 1. The first-order chi connectivity index (χ1) is 8.49. The lowest BCUT2D eigenvalue weighted by molar-refractivity contribution is 0.579. The maximum atomic E-state index is 11.9. The van der Waals surface area contributed by atoms with Gasteiger partial charge in [0.1, 0.15) is 4.90 Å². The van der Waals surface area contributed by atoms with Gasteiger partial charge in [0.25, 0.3) is 0 Å². The van der Waals surface area contributed by atoms with E-state index in [2.05, 4.69) is 25.3 Å². The number of H-pyrrole nitrogens is 1. The molecule has 0 aliphatic rings. The highest BCUT2D eigenvalue weighted by Gasteiger charge is 2.18. The molecule has 1 aromatic carbocycles. The van der Waals surface area contributed by atoms with Crippen molar-refractivity contribution in [2.75, 3.05) is 5.73 Å². The minimum Gasteiger partial charge on any atom is -0.398 e. The van der Waals surface area contributed by atoms with Crippen molar-refractivity contribution in [2.24, 2.45) is 0 Å². The van der Waals surface area contributed by atoms with E-state index in [-0.39, 0.29) is 23.0 Å². The first-order valence-corrected chi connectivity index (χ1v) is 6.62. The summed E-state index contributed by atoms with van der Waals surface area (Å²) in [5, 5.41) is 13.1. The lowest BCUT2D eigenvalue weighted by atomic mass is 10.3. The van der Waals surface area contributed by atoms with Crippen LogP contribution in [0.25, 0.3) is 0 Å². The molecule has 1 aromatic heterocycles. The SMILES string of the molecule is Nc1cc(Cl)ccc1S(=O)(=O)NCc1nn[nH]n1. The van der Waals surface area contributed by atoms with Crippen LogP contribution in [0, 0.1) is 0 Å². The summed E-state index contributed by atoms with van der Waals surface area (Å²) in [6.45, 7) is -0.0824. The van der Waals surface area contributed by atoms with Crippen molar-refractivity contribution in [2.45, 2.75) is 11.4 Å². The maximum Gasteiger partial charge on any atom is 0.243 e. The largest absolute Gasteiger partial charge is 0.398 e. The number of aromatic nitrogens is 4. The van der Waals surface area contributed by atoms with Gasteiger partial charge in [0.15, 0.2) is 5.82 Å². The predicted molar refractivity (Wildman–Crippen MR) is 64.1 cm³/mol. The van der Waals surface area contributed by atoms with Crippen LogP contribution >= 0.6 is 11.6 Å². The average molecular weight is 289 g/mol. The van der Waals surface area contributed by atoms with Crippen LogP contribution in [-0.4, -0.2) is 29.0 Å². The molecule has 8 nitrogen and oxygen atoms in total. The van der Waals surface area contributed by atoms with Crippen molar-refractivity contribution in [1.82, 2.24) is 25.3 Å². The van der Waals surface area contributed by atoms with Crippen LogP contribution < -0.4 is 10.5 Å². The second-order valence-electron chi connectivity index (χ2n) is 3.33. The quantitative estimate of drug-likeness (QED) is 0.675. The van der Waals surface area contributed by atoms with Crippen molar-refractivity contribution >= 4 is 27.3 Å². The molecule has 0 amide bonds. The number of sulfonamides is 1. The standard InChI is InChI=1S/C8H9ClN6O2S/c9-5-1-2-7(6(10)3-5)18(16,17)11-4-8-12-14-15-13-8/h1-3,11H,4,10H2,(H,12,13,14,15). The third-order valence-electron chi connectivity index (χ3n) is 2.07. The molecule has 18 heavy (non-hydrogen) atoms. The number of anilines is 1. The molecule has 0 aliphatic carbocycles. The Hall–Kier alpha value is -1.71. The molecule has 0 fully saturated rings. The Kier molecular flexibility index (Phi) is 3.45. The third kappa shape index (κ3) is 2.75. The summed E-state index contributed by atoms with van der Waals surface area (Å²) in [6.07, 6.45) is 0. The third-order valence-corrected chi connectivity index (χ3v) is 3.78. The Bertz CT molecular complexity index is 642. The summed E-state index contributed by atoms with van der Waals surface area (Å²) in [5.74, 6) is 0.228. The molecule has 10 heteroatoms. The predicted octanol–water partition coefficient (Wildman–Crippen LogP) is -0.0862. The van der Waals surface area contributed by atoms with Gasteiger partial charge in [-0.15, -0.1) is 10.2 Å². The monoisotopic (exact) mass is 288 g/mol. The van der Waals surface area contributed by atoms with Gasteiger partial charge in [0.05, 0.1) is 12.2 Å². The molecule has 2 aromatic rings. The van der Waals surface area contributed by atoms with E-state index in [0.717, 1.165) is 0 Å². The van der Waals surface area contributed by atoms with Crippen molar-refractivity contribution in [3.63, 3.8) is 0 Å². The molecule has 0 atom stereocenters. The highest BCUT2D eigenvalue weighted by molar-refractivity contribution is 7.89. The molecule has 2 rings (SSSR count). The van der Waals surface area contributed by atoms with E-state index in [1.54, 1.807) is 0 Å². The van der Waals surface area contributed by atoms with Gasteiger partial charge >= 0.3 is 0 Å². The number of hydrogen-bond acceptors (Lipinski definition) is 6. The van der Waals surface area contributed by atoms with Gasteiger partial charge in [-0.05, 0) is 18.2 Å². The average Bonchev–Trinajstić information content (AvgIpc) is 2.78. The van der Waals surface area contributed by atoms with Crippen LogP contribution in [0.2, 0.25) is 5.02 Å². The van der Waals surface area contributed by atoms with Gasteiger partial charge in [-0.25, -0.2) is 13.1 Å². The molecular weight excluding hydrogens is 280 g/mol. The number of rotatable bonds is 4. The van der Waals surface area contributed by atoms with Crippen LogP contribution in [0.4, 0.5) is 5.69 Å². The maximum absolute atomic E-state index is 11.9. The van der Waals surface area contributed by atoms with Gasteiger partial charge in [-0.2, -0.15) is 5.21 Å². The minimum atomic E-state index is -3.74. The van der Waals surface area contributed by atoms with Crippen molar-refractivity contribution in [3.8, 4) is 0 Å². The van der Waals surface area contributed by atoms with Gasteiger partial charge in [0, 0.05) is 5.02 Å². The summed E-state index contributed by atoms with van der Waals surface area (Å²) in [4.78, 5) is -0.0459. The molecule has 0 unspecified atom stereocenters. The molecule has 1 heterocycles. The van der Waals surface area contributed by atoms with E-state index in [4.69, 9.17) is 17.3 Å². The summed E-state index contributed by atoms with van der Waals surface area (Å²) in [7, 11) is -3.74. The Labute approximate surface area is 108 Å². The molecule has 0 bridgehead atoms. The molecular formula is C8H9ClN6O2S. The number of nitrogens with zero attached hydrogens (tertiary/aromatic N) is 3. The minimum absolute atomic E-state index is 0.0459. The van der Waals surface area contributed by atoms with Gasteiger partial charge in [-0.3, -0.25) is 0 Å². The van der Waals surface area contributed by atoms with Crippen molar-refractivity contribution in [3.05, 3.63) is 29.0 Å². The van der Waals surface area contributed by atoms with Crippen LogP contribution in [0.1, 0.15) is 5.82 Å². The fourth-order valence-corrected chi connectivity index (χ4v) is 2.53. The highest BCUT2D eigenvalue weighted by atomic mass is 35.5. The molecule has 0 saturated heterocycles. The number of hydrogen-bond donors (Lipinski definition) is 3. The second kappa shape index (κ2) is 4.88. The van der Waals surface area contributed by atoms with E-state index < -0.39 is 10.0 Å². The number of nitrogens with two attached hydrogens (primary N) is 1. The zero-order valence-corrected chi connectivity index (χ0v) is 10.5. The fourth-order valence-electron chi connectivity index (χ4n) is 1.26. The summed E-state index contributed by atoms with van der Waals surface area (Å²) in [6, 6.07) is 4.14. The summed E-state index contributed by atoms with van der Waals surface area (Å²) >= 11 is 5.70. The van der Waals surface area contributed by atoms with Crippen LogP contribution in [0.3, 0.4) is 0 Å². The highest BCUT2D eigenvalue weighted by Crippen LogP contribution is 2.22. The summed E-state index contributed by atoms with van der Waals surface area (Å²) < 4.78 is 26.2. The molecule has 0 radical (unpaired) electrons. The lowest BCUT2D eigenvalue weighted by Gasteiger charge is -2.07. The number of halogens is 1. The van der Waals surface area contributed by atoms with Crippen LogP contribution in [-0.2, 0) is 16.6 Å². The topological polar surface area (TPSA) is 127 Å².